The van der Waals surface area contributed by atoms with Crippen LogP contribution < -0.4 is 5.73 Å². The number of likely N-dealkylation sites (tertiary alicyclic amines) is 1. The minimum absolute atomic E-state index is 0.0943. The van der Waals surface area contributed by atoms with Crippen molar-refractivity contribution in [3.8, 4) is 0 Å². The average molecular weight is 268 g/mol. The molecule has 1 aliphatic heterocycles. The SMILES string of the molecule is CC1(C(=O)O)CCN(C(=O)CC2(N)CCCC2)CC1. The third-order valence-electron chi connectivity index (χ3n) is 4.84. The molecule has 1 amide bonds. The van der Waals surface area contributed by atoms with Gasteiger partial charge in [0.1, 0.15) is 0 Å². The van der Waals surface area contributed by atoms with Crippen LogP contribution in [0.25, 0.3) is 0 Å². The number of carboxylic acid groups (broad SMARTS) is 1. The average Bonchev–Trinajstić information content (AvgIpc) is 2.76. The standard InChI is InChI=1S/C14H24N2O3/c1-13(12(18)19)6-8-16(9-7-13)11(17)10-14(15)4-2-3-5-14/h2-10,15H2,1H3,(H,18,19). The Hall–Kier alpha value is -1.10. The van der Waals surface area contributed by atoms with E-state index >= 15 is 0 Å². The molecule has 0 spiro atoms. The molecule has 0 aromatic rings. The highest BCUT2D eigenvalue weighted by Gasteiger charge is 2.39. The second-order valence-corrected chi connectivity index (χ2v) is 6.49. The molecule has 2 fully saturated rings. The summed E-state index contributed by atoms with van der Waals surface area (Å²) in [6.07, 6.45) is 5.56. The molecule has 3 N–H and O–H groups in total. The first-order chi connectivity index (χ1) is 8.85. The number of carbonyl (C=O) groups excluding carboxylic acids is 1. The van der Waals surface area contributed by atoms with E-state index in [-0.39, 0.29) is 11.4 Å². The molecule has 108 valence electrons. The molecular weight excluding hydrogens is 244 g/mol. The Morgan fingerprint density at radius 1 is 1.16 bits per heavy atom. The highest BCUT2D eigenvalue weighted by molar-refractivity contribution is 5.79. The van der Waals surface area contributed by atoms with Gasteiger partial charge in [-0.2, -0.15) is 0 Å². The molecule has 1 saturated heterocycles. The number of piperidine rings is 1. The van der Waals surface area contributed by atoms with E-state index in [1.807, 2.05) is 0 Å². The summed E-state index contributed by atoms with van der Waals surface area (Å²) in [5, 5.41) is 9.17. The van der Waals surface area contributed by atoms with Gasteiger partial charge in [0.05, 0.1) is 5.41 Å². The molecule has 0 atom stereocenters. The lowest BCUT2D eigenvalue weighted by molar-refractivity contribution is -0.153. The van der Waals surface area contributed by atoms with Crippen molar-refractivity contribution in [2.75, 3.05) is 13.1 Å². The summed E-state index contributed by atoms with van der Waals surface area (Å²) in [4.78, 5) is 25.2. The van der Waals surface area contributed by atoms with Crippen molar-refractivity contribution in [3.05, 3.63) is 0 Å². The van der Waals surface area contributed by atoms with Crippen LogP contribution in [-0.2, 0) is 9.59 Å². The summed E-state index contributed by atoms with van der Waals surface area (Å²) in [6, 6.07) is 0. The van der Waals surface area contributed by atoms with Crippen LogP contribution in [0.3, 0.4) is 0 Å². The molecule has 0 radical (unpaired) electrons. The number of nitrogens with two attached hydrogens (primary N) is 1. The second-order valence-electron chi connectivity index (χ2n) is 6.49. The third kappa shape index (κ3) is 3.08. The largest absolute Gasteiger partial charge is 0.481 e. The van der Waals surface area contributed by atoms with Crippen LogP contribution in [0.1, 0.15) is 51.9 Å². The van der Waals surface area contributed by atoms with Gasteiger partial charge in [-0.15, -0.1) is 0 Å². The smallest absolute Gasteiger partial charge is 0.309 e. The van der Waals surface area contributed by atoms with Gasteiger partial charge in [0, 0.05) is 25.0 Å². The van der Waals surface area contributed by atoms with Crippen LogP contribution >= 0.6 is 0 Å². The fourth-order valence-corrected chi connectivity index (χ4v) is 3.13. The summed E-state index contributed by atoms with van der Waals surface area (Å²) in [5.41, 5.74) is 5.24. The number of carboxylic acids is 1. The lowest BCUT2D eigenvalue weighted by Crippen LogP contribution is -2.48. The van der Waals surface area contributed by atoms with Crippen LogP contribution in [0.2, 0.25) is 0 Å². The van der Waals surface area contributed by atoms with Crippen molar-refractivity contribution in [1.29, 1.82) is 0 Å². The van der Waals surface area contributed by atoms with Crippen LogP contribution in [0.15, 0.2) is 0 Å². The zero-order valence-electron chi connectivity index (χ0n) is 11.7. The van der Waals surface area contributed by atoms with E-state index < -0.39 is 11.4 Å². The second kappa shape index (κ2) is 5.12. The van der Waals surface area contributed by atoms with Crippen LogP contribution in [0.5, 0.6) is 0 Å². The molecule has 0 aromatic heterocycles. The summed E-state index contributed by atoms with van der Waals surface area (Å²) in [6.45, 7) is 2.84. The van der Waals surface area contributed by atoms with Crippen LogP contribution in [0.4, 0.5) is 0 Å². The van der Waals surface area contributed by atoms with Gasteiger partial charge in [0.15, 0.2) is 0 Å². The molecule has 0 unspecified atom stereocenters. The number of nitrogens with zero attached hydrogens (tertiary/aromatic N) is 1. The first-order valence-corrected chi connectivity index (χ1v) is 7.15. The molecule has 0 bridgehead atoms. The van der Waals surface area contributed by atoms with Gasteiger partial charge < -0.3 is 15.7 Å². The Balaban J connectivity index is 1.87. The van der Waals surface area contributed by atoms with E-state index in [9.17, 15) is 9.59 Å². The predicted octanol–water partition coefficient (Wildman–Crippen LogP) is 1.36. The number of hydrogen-bond donors (Lipinski definition) is 2. The summed E-state index contributed by atoms with van der Waals surface area (Å²) in [7, 11) is 0. The lowest BCUT2D eigenvalue weighted by atomic mass is 9.80. The van der Waals surface area contributed by atoms with Gasteiger partial charge in [0.25, 0.3) is 0 Å². The fourth-order valence-electron chi connectivity index (χ4n) is 3.13. The Bertz CT molecular complexity index is 367. The summed E-state index contributed by atoms with van der Waals surface area (Å²) >= 11 is 0. The Labute approximate surface area is 114 Å². The van der Waals surface area contributed by atoms with Crippen LogP contribution in [0, 0.1) is 5.41 Å². The van der Waals surface area contributed by atoms with Crippen molar-refractivity contribution >= 4 is 11.9 Å². The summed E-state index contributed by atoms with van der Waals surface area (Å²) < 4.78 is 0. The normalized spacial score (nSPS) is 25.3. The monoisotopic (exact) mass is 268 g/mol. The molecule has 2 rings (SSSR count). The number of hydrogen-bond acceptors (Lipinski definition) is 3. The molecule has 1 saturated carbocycles. The zero-order chi connectivity index (χ0) is 14.1. The van der Waals surface area contributed by atoms with Gasteiger partial charge in [-0.05, 0) is 32.6 Å². The molecule has 19 heavy (non-hydrogen) atoms. The van der Waals surface area contributed by atoms with Crippen LogP contribution in [-0.4, -0.2) is 40.5 Å². The molecule has 1 heterocycles. The maximum absolute atomic E-state index is 12.2. The quantitative estimate of drug-likeness (QED) is 0.809. The molecule has 5 heteroatoms. The number of rotatable bonds is 3. The third-order valence-corrected chi connectivity index (χ3v) is 4.84. The number of amides is 1. The van der Waals surface area contributed by atoms with Crippen molar-refractivity contribution < 1.29 is 14.7 Å². The minimum Gasteiger partial charge on any atom is -0.481 e. The topological polar surface area (TPSA) is 83.6 Å². The Morgan fingerprint density at radius 3 is 2.16 bits per heavy atom. The molecule has 2 aliphatic rings. The molecule has 1 aliphatic carbocycles. The van der Waals surface area contributed by atoms with E-state index in [4.69, 9.17) is 10.8 Å². The highest BCUT2D eigenvalue weighted by Crippen LogP contribution is 2.34. The van der Waals surface area contributed by atoms with Crippen molar-refractivity contribution in [1.82, 2.24) is 4.90 Å². The van der Waals surface area contributed by atoms with Crippen molar-refractivity contribution in [2.24, 2.45) is 11.1 Å². The first kappa shape index (κ1) is 14.3. The molecular formula is C14H24N2O3. The van der Waals surface area contributed by atoms with Gasteiger partial charge >= 0.3 is 5.97 Å². The molecule has 5 nitrogen and oxygen atoms in total. The van der Waals surface area contributed by atoms with Crippen molar-refractivity contribution in [2.45, 2.75) is 57.4 Å². The Kier molecular flexibility index (Phi) is 3.85. The maximum atomic E-state index is 12.2. The number of carbonyl (C=O) groups is 2. The maximum Gasteiger partial charge on any atom is 0.309 e. The predicted molar refractivity (Wildman–Crippen MR) is 71.6 cm³/mol. The first-order valence-electron chi connectivity index (χ1n) is 7.15. The van der Waals surface area contributed by atoms with E-state index in [1.165, 1.54) is 0 Å². The fraction of sp³-hybridized carbons (Fsp3) is 0.857. The van der Waals surface area contributed by atoms with E-state index in [2.05, 4.69) is 0 Å². The highest BCUT2D eigenvalue weighted by atomic mass is 16.4. The Morgan fingerprint density at radius 2 is 1.68 bits per heavy atom. The van der Waals surface area contributed by atoms with Crippen molar-refractivity contribution in [3.63, 3.8) is 0 Å². The van der Waals surface area contributed by atoms with Gasteiger partial charge in [-0.25, -0.2) is 0 Å². The van der Waals surface area contributed by atoms with Gasteiger partial charge in [-0.1, -0.05) is 12.8 Å². The minimum atomic E-state index is -0.759. The van der Waals surface area contributed by atoms with E-state index in [1.54, 1.807) is 11.8 Å². The van der Waals surface area contributed by atoms with Gasteiger partial charge in [0.2, 0.25) is 5.91 Å². The molecule has 0 aromatic carbocycles. The zero-order valence-corrected chi connectivity index (χ0v) is 11.7. The van der Waals surface area contributed by atoms with Gasteiger partial charge in [-0.3, -0.25) is 9.59 Å². The van der Waals surface area contributed by atoms with E-state index in [0.717, 1.165) is 25.7 Å². The summed E-state index contributed by atoms with van der Waals surface area (Å²) in [5.74, 6) is -0.664. The lowest BCUT2D eigenvalue weighted by Gasteiger charge is -2.37. The number of aliphatic carboxylic acids is 1. The van der Waals surface area contributed by atoms with E-state index in [0.29, 0.717) is 32.4 Å².